The van der Waals surface area contributed by atoms with Crippen LogP contribution in [-0.2, 0) is 9.47 Å². The number of ether oxygens (including phenoxy) is 2. The Labute approximate surface area is 150 Å². The van der Waals surface area contributed by atoms with E-state index in [2.05, 4.69) is 26.1 Å². The molecule has 24 heavy (non-hydrogen) atoms. The normalized spacial score (nSPS) is 29.4. The molecule has 0 bridgehead atoms. The van der Waals surface area contributed by atoms with Gasteiger partial charge >= 0.3 is 0 Å². The van der Waals surface area contributed by atoms with Crippen molar-refractivity contribution in [1.29, 1.82) is 0 Å². The van der Waals surface area contributed by atoms with E-state index in [9.17, 15) is 4.79 Å². The molecule has 6 heteroatoms. The summed E-state index contributed by atoms with van der Waals surface area (Å²) in [5.74, 6) is -0.699. The van der Waals surface area contributed by atoms with E-state index in [0.29, 0.717) is 24.8 Å². The third kappa shape index (κ3) is 3.01. The van der Waals surface area contributed by atoms with Gasteiger partial charge in [0.15, 0.2) is 5.79 Å². The van der Waals surface area contributed by atoms with Crippen LogP contribution >= 0.6 is 15.9 Å². The Balaban J connectivity index is 1.55. The maximum absolute atomic E-state index is 12.8. The zero-order valence-electron chi connectivity index (χ0n) is 13.7. The third-order valence-electron chi connectivity index (χ3n) is 5.43. The zero-order chi connectivity index (χ0) is 16.6. The number of nitrogens with one attached hydrogen (secondary N) is 1. The Morgan fingerprint density at radius 3 is 2.50 bits per heavy atom. The Bertz CT molecular complexity index is 595. The molecule has 130 valence electrons. The van der Waals surface area contributed by atoms with Gasteiger partial charge in [-0.25, -0.2) is 0 Å². The summed E-state index contributed by atoms with van der Waals surface area (Å²) in [6, 6.07) is 7.63. The van der Waals surface area contributed by atoms with Crippen molar-refractivity contribution in [1.82, 2.24) is 10.2 Å². The van der Waals surface area contributed by atoms with Crippen molar-refractivity contribution in [2.75, 3.05) is 26.3 Å². The number of halogens is 1. The third-order valence-corrected chi connectivity index (χ3v) is 5.95. The molecule has 1 N–H and O–H groups in total. The molecule has 3 fully saturated rings. The van der Waals surface area contributed by atoms with Crippen LogP contribution in [0.3, 0.4) is 0 Å². The topological polar surface area (TPSA) is 50.8 Å². The predicted octanol–water partition coefficient (Wildman–Crippen LogP) is 2.55. The van der Waals surface area contributed by atoms with Gasteiger partial charge in [-0.1, -0.05) is 15.9 Å². The number of carbonyl (C=O) groups excluding carboxylic acids is 1. The van der Waals surface area contributed by atoms with Gasteiger partial charge in [0, 0.05) is 22.5 Å². The van der Waals surface area contributed by atoms with Crippen LogP contribution in [0.2, 0.25) is 0 Å². The molecule has 1 saturated carbocycles. The molecule has 1 amide bonds. The molecule has 0 radical (unpaired) electrons. The molecule has 1 aromatic carbocycles. The Morgan fingerprint density at radius 1 is 1.17 bits per heavy atom. The number of carbonyl (C=O) groups is 1. The molecule has 1 aromatic rings. The molecule has 2 unspecified atom stereocenters. The molecule has 2 atom stereocenters. The summed E-state index contributed by atoms with van der Waals surface area (Å²) in [5, 5.41) is 3.23. The fourth-order valence-corrected chi connectivity index (χ4v) is 4.52. The predicted molar refractivity (Wildman–Crippen MR) is 93.9 cm³/mol. The molecule has 1 spiro atoms. The highest BCUT2D eigenvalue weighted by molar-refractivity contribution is 9.10. The van der Waals surface area contributed by atoms with E-state index >= 15 is 0 Å². The second-order valence-corrected chi connectivity index (χ2v) is 7.73. The second-order valence-electron chi connectivity index (χ2n) is 6.82. The minimum atomic E-state index is -0.641. The molecule has 1 aliphatic carbocycles. The fraction of sp³-hybridized carbons (Fsp3) is 0.611. The molecule has 0 aromatic heterocycles. The van der Waals surface area contributed by atoms with Crippen molar-refractivity contribution >= 4 is 21.8 Å². The lowest BCUT2D eigenvalue weighted by Gasteiger charge is -2.36. The molecular formula is C18H23BrN2O3. The summed E-state index contributed by atoms with van der Waals surface area (Å²) in [7, 11) is 0. The monoisotopic (exact) mass is 394 g/mol. The summed E-state index contributed by atoms with van der Waals surface area (Å²) < 4.78 is 12.9. The van der Waals surface area contributed by atoms with Crippen LogP contribution in [0.25, 0.3) is 0 Å². The maximum atomic E-state index is 12.8. The largest absolute Gasteiger partial charge is 0.345 e. The minimum absolute atomic E-state index is 0.0583. The van der Waals surface area contributed by atoms with E-state index in [1.54, 1.807) is 0 Å². The number of hydrogen-bond donors (Lipinski definition) is 1. The summed E-state index contributed by atoms with van der Waals surface area (Å²) in [5.41, 5.74) is 0.665. The van der Waals surface area contributed by atoms with E-state index in [-0.39, 0.29) is 11.9 Å². The molecule has 2 aliphatic heterocycles. The van der Waals surface area contributed by atoms with E-state index in [4.69, 9.17) is 9.47 Å². The first-order valence-electron chi connectivity index (χ1n) is 8.76. The minimum Gasteiger partial charge on any atom is -0.345 e. The molecule has 4 rings (SSSR count). The molecule has 5 nitrogen and oxygen atoms in total. The van der Waals surface area contributed by atoms with Crippen LogP contribution in [0.4, 0.5) is 0 Å². The molecule has 3 aliphatic rings. The van der Waals surface area contributed by atoms with Crippen molar-refractivity contribution < 1.29 is 14.3 Å². The molecular weight excluding hydrogens is 372 g/mol. The van der Waals surface area contributed by atoms with Gasteiger partial charge in [0.2, 0.25) is 0 Å². The van der Waals surface area contributed by atoms with Gasteiger partial charge in [-0.15, -0.1) is 0 Å². The van der Waals surface area contributed by atoms with E-state index in [0.717, 1.165) is 30.4 Å². The van der Waals surface area contributed by atoms with Crippen molar-refractivity contribution in [3.63, 3.8) is 0 Å². The van der Waals surface area contributed by atoms with Crippen molar-refractivity contribution in [3.05, 3.63) is 34.3 Å². The lowest BCUT2D eigenvalue weighted by molar-refractivity contribution is -0.168. The Hall–Kier alpha value is -0.950. The Morgan fingerprint density at radius 2 is 1.83 bits per heavy atom. The maximum Gasteiger partial charge on any atom is 0.251 e. The number of hydrogen-bond acceptors (Lipinski definition) is 4. The van der Waals surface area contributed by atoms with Crippen LogP contribution in [0.1, 0.15) is 36.0 Å². The quantitative estimate of drug-likeness (QED) is 0.855. The lowest BCUT2D eigenvalue weighted by atomic mass is 10.1. The zero-order valence-corrected chi connectivity index (χ0v) is 15.3. The molecule has 2 saturated heterocycles. The first-order valence-corrected chi connectivity index (χ1v) is 9.56. The second kappa shape index (κ2) is 6.75. The highest BCUT2D eigenvalue weighted by Crippen LogP contribution is 2.41. The smallest absolute Gasteiger partial charge is 0.251 e. The number of benzene rings is 1. The number of amides is 1. The van der Waals surface area contributed by atoms with Gasteiger partial charge in [-0.05, 0) is 56.6 Å². The SMILES string of the molecule is O=C(NC1C(N2CCCC2)CCC12OCCO2)c1ccc(Br)cc1. The van der Waals surface area contributed by atoms with Gasteiger partial charge < -0.3 is 14.8 Å². The summed E-state index contributed by atoms with van der Waals surface area (Å²) in [4.78, 5) is 15.2. The van der Waals surface area contributed by atoms with Crippen molar-refractivity contribution in [2.45, 2.75) is 43.6 Å². The van der Waals surface area contributed by atoms with Crippen molar-refractivity contribution in [2.24, 2.45) is 0 Å². The van der Waals surface area contributed by atoms with E-state index in [1.807, 2.05) is 24.3 Å². The highest BCUT2D eigenvalue weighted by atomic mass is 79.9. The van der Waals surface area contributed by atoms with Gasteiger partial charge in [0.05, 0.1) is 19.3 Å². The van der Waals surface area contributed by atoms with Gasteiger partial charge in [0.1, 0.15) is 0 Å². The first-order chi connectivity index (χ1) is 11.7. The highest BCUT2D eigenvalue weighted by Gasteiger charge is 2.55. The van der Waals surface area contributed by atoms with Gasteiger partial charge in [0.25, 0.3) is 5.91 Å². The van der Waals surface area contributed by atoms with Gasteiger partial charge in [-0.2, -0.15) is 0 Å². The summed E-state index contributed by atoms with van der Waals surface area (Å²) in [6.45, 7) is 3.42. The van der Waals surface area contributed by atoms with E-state index in [1.165, 1.54) is 12.8 Å². The average molecular weight is 395 g/mol. The number of rotatable bonds is 3. The van der Waals surface area contributed by atoms with E-state index < -0.39 is 5.79 Å². The standard InChI is InChI=1S/C18H23BrN2O3/c19-14-5-3-13(4-6-14)17(22)20-16-15(21-9-1-2-10-21)7-8-18(16)23-11-12-24-18/h3-6,15-16H,1-2,7-12H2,(H,20,22). The fourth-order valence-electron chi connectivity index (χ4n) is 4.26. The molecule has 2 heterocycles. The van der Waals surface area contributed by atoms with Crippen LogP contribution in [0, 0.1) is 0 Å². The van der Waals surface area contributed by atoms with Crippen LogP contribution < -0.4 is 5.32 Å². The number of likely N-dealkylation sites (tertiary alicyclic amines) is 1. The van der Waals surface area contributed by atoms with Gasteiger partial charge in [-0.3, -0.25) is 9.69 Å². The number of nitrogens with zero attached hydrogens (tertiary/aromatic N) is 1. The first kappa shape index (κ1) is 16.5. The summed E-state index contributed by atoms with van der Waals surface area (Å²) in [6.07, 6.45) is 4.32. The van der Waals surface area contributed by atoms with Crippen LogP contribution in [0.15, 0.2) is 28.7 Å². The average Bonchev–Trinajstić information content (AvgIpc) is 3.32. The van der Waals surface area contributed by atoms with Crippen LogP contribution in [0.5, 0.6) is 0 Å². The summed E-state index contributed by atoms with van der Waals surface area (Å²) >= 11 is 3.41. The Kier molecular flexibility index (Phi) is 4.64. The van der Waals surface area contributed by atoms with Crippen LogP contribution in [-0.4, -0.2) is 55.0 Å². The van der Waals surface area contributed by atoms with Crippen molar-refractivity contribution in [3.8, 4) is 0 Å². The lowest BCUT2D eigenvalue weighted by Crippen LogP contribution is -2.58.